The number of anilines is 2. The largest absolute Gasteiger partial charge is 0.359 e. The van der Waals surface area contributed by atoms with Gasteiger partial charge in [-0.15, -0.1) is 0 Å². The van der Waals surface area contributed by atoms with Crippen LogP contribution in [0.25, 0.3) is 26.4 Å². The maximum absolute atomic E-state index is 12.4. The molecule has 0 bridgehead atoms. The van der Waals surface area contributed by atoms with E-state index in [4.69, 9.17) is 9.51 Å². The van der Waals surface area contributed by atoms with Crippen molar-refractivity contribution in [3.05, 3.63) is 65.0 Å². The average molecular weight is 474 g/mol. The van der Waals surface area contributed by atoms with Crippen molar-refractivity contribution in [3.63, 3.8) is 0 Å². The molecule has 8 heteroatoms. The van der Waals surface area contributed by atoms with Crippen LogP contribution < -0.4 is 10.6 Å². The van der Waals surface area contributed by atoms with Crippen LogP contribution in [0, 0.1) is 20.8 Å². The fourth-order valence-corrected chi connectivity index (χ4v) is 5.10. The van der Waals surface area contributed by atoms with Crippen molar-refractivity contribution in [3.8, 4) is 11.3 Å². The molecular weight excluding hydrogens is 446 g/mol. The first-order valence-corrected chi connectivity index (χ1v) is 12.0. The number of rotatable bonds is 3. The fraction of sp³-hybridized carbons (Fsp3) is 0.269. The summed E-state index contributed by atoms with van der Waals surface area (Å²) in [5, 5.41) is 9.45. The van der Waals surface area contributed by atoms with E-state index < -0.39 is 0 Å². The second-order valence-electron chi connectivity index (χ2n) is 9.65. The van der Waals surface area contributed by atoms with Crippen molar-refractivity contribution in [2.45, 2.75) is 47.0 Å². The first-order chi connectivity index (χ1) is 16.1. The second kappa shape index (κ2) is 7.99. The van der Waals surface area contributed by atoms with Crippen molar-refractivity contribution in [1.29, 1.82) is 0 Å². The number of nitrogens with one attached hydrogen (secondary N) is 2. The van der Waals surface area contributed by atoms with Gasteiger partial charge in [-0.3, -0.25) is 9.72 Å². The summed E-state index contributed by atoms with van der Waals surface area (Å²) >= 11 is 1.70. The highest BCUT2D eigenvalue weighted by Crippen LogP contribution is 2.34. The van der Waals surface area contributed by atoms with Gasteiger partial charge < -0.3 is 9.84 Å². The van der Waals surface area contributed by atoms with E-state index in [9.17, 15) is 4.79 Å². The molecule has 2 N–H and O–H groups in total. The number of hydrogen-bond donors (Lipinski definition) is 2. The highest BCUT2D eigenvalue weighted by atomic mass is 32.1. The molecule has 0 fully saturated rings. The van der Waals surface area contributed by atoms with Gasteiger partial charge in [0.1, 0.15) is 5.76 Å². The second-order valence-corrected chi connectivity index (χ2v) is 10.7. The van der Waals surface area contributed by atoms with Gasteiger partial charge in [0, 0.05) is 28.9 Å². The molecule has 2 aromatic carbocycles. The molecule has 0 atom stereocenters. The Hall–Kier alpha value is -3.65. The summed E-state index contributed by atoms with van der Waals surface area (Å²) < 4.78 is 8.74. The summed E-state index contributed by atoms with van der Waals surface area (Å²) in [6, 6.07) is 11.2. The number of fused-ring (bicyclic) bond motifs is 3. The smallest absolute Gasteiger partial charge is 0.324 e. The monoisotopic (exact) mass is 473 g/mol. The third-order valence-electron chi connectivity index (χ3n) is 6.14. The van der Waals surface area contributed by atoms with Gasteiger partial charge in [-0.05, 0) is 55.7 Å². The van der Waals surface area contributed by atoms with Gasteiger partial charge in [0.2, 0.25) is 0 Å². The van der Waals surface area contributed by atoms with Crippen molar-refractivity contribution in [2.24, 2.45) is 0 Å². The molecule has 0 saturated heterocycles. The van der Waals surface area contributed by atoms with E-state index in [-0.39, 0.29) is 11.4 Å². The van der Waals surface area contributed by atoms with Gasteiger partial charge >= 0.3 is 6.03 Å². The minimum Gasteiger partial charge on any atom is -0.359 e. The maximum atomic E-state index is 12.4. The van der Waals surface area contributed by atoms with Crippen LogP contribution in [-0.4, -0.2) is 20.6 Å². The Bertz CT molecular complexity index is 1530. The lowest BCUT2D eigenvalue weighted by molar-refractivity contribution is 0.262. The fourth-order valence-electron chi connectivity index (χ4n) is 3.93. The van der Waals surface area contributed by atoms with Gasteiger partial charge in [-0.2, -0.15) is 0 Å². The van der Waals surface area contributed by atoms with Crippen LogP contribution in [-0.2, 0) is 5.41 Å². The van der Waals surface area contributed by atoms with Gasteiger partial charge in [-0.25, -0.2) is 9.78 Å². The number of carbonyl (C=O) groups is 1. The van der Waals surface area contributed by atoms with E-state index in [2.05, 4.69) is 53.2 Å². The summed E-state index contributed by atoms with van der Waals surface area (Å²) in [6.07, 6.45) is 2.09. The number of benzene rings is 2. The van der Waals surface area contributed by atoms with Crippen molar-refractivity contribution in [1.82, 2.24) is 14.5 Å². The molecule has 3 heterocycles. The van der Waals surface area contributed by atoms with Crippen LogP contribution in [0.5, 0.6) is 0 Å². The lowest BCUT2D eigenvalue weighted by Crippen LogP contribution is -2.19. The van der Waals surface area contributed by atoms with E-state index >= 15 is 0 Å². The molecule has 0 spiro atoms. The zero-order valence-corrected chi connectivity index (χ0v) is 20.9. The Morgan fingerprint density at radius 1 is 1.03 bits per heavy atom. The Kier molecular flexibility index (Phi) is 5.20. The molecule has 0 radical (unpaired) electrons. The van der Waals surface area contributed by atoms with Crippen LogP contribution in [0.4, 0.5) is 16.3 Å². The summed E-state index contributed by atoms with van der Waals surface area (Å²) in [7, 11) is 0. The van der Waals surface area contributed by atoms with Crippen molar-refractivity contribution in [2.75, 3.05) is 10.6 Å². The molecule has 0 unspecified atom stereocenters. The number of nitrogens with zero attached hydrogens (tertiary/aromatic N) is 3. The van der Waals surface area contributed by atoms with Gasteiger partial charge in [0.25, 0.3) is 0 Å². The minimum atomic E-state index is -0.378. The predicted octanol–water partition coefficient (Wildman–Crippen LogP) is 7.07. The summed E-state index contributed by atoms with van der Waals surface area (Å²) in [5.41, 5.74) is 7.52. The Morgan fingerprint density at radius 3 is 2.44 bits per heavy atom. The van der Waals surface area contributed by atoms with E-state index in [1.54, 1.807) is 17.4 Å². The number of amides is 2. The molecule has 0 saturated carbocycles. The standard InChI is InChI=1S/C26H27N5O2S/c1-14-11-20-23(16(3)15(14)2)31-13-19(28-25(31)34-20)17-7-9-18(10-8-17)27-24(32)29-22-12-21(33-30-22)26(4,5)6/h7-13H,1-6H3,(H2,27,29,30,32). The van der Waals surface area contributed by atoms with Crippen LogP contribution in [0.15, 0.2) is 47.1 Å². The summed E-state index contributed by atoms with van der Waals surface area (Å²) in [4.78, 5) is 18.2. The number of hydrogen-bond acceptors (Lipinski definition) is 5. The van der Waals surface area contributed by atoms with Gasteiger partial charge in [0.15, 0.2) is 10.8 Å². The predicted molar refractivity (Wildman–Crippen MR) is 138 cm³/mol. The average Bonchev–Trinajstić information content (AvgIpc) is 3.47. The van der Waals surface area contributed by atoms with Crippen LogP contribution in [0.1, 0.15) is 43.2 Å². The van der Waals surface area contributed by atoms with Crippen LogP contribution in [0.2, 0.25) is 0 Å². The molecular formula is C26H27N5O2S. The molecule has 5 rings (SSSR count). The summed E-state index contributed by atoms with van der Waals surface area (Å²) in [6.45, 7) is 12.6. The first-order valence-electron chi connectivity index (χ1n) is 11.1. The quantitative estimate of drug-likeness (QED) is 0.293. The Balaban J connectivity index is 1.33. The maximum Gasteiger partial charge on any atom is 0.324 e. The molecule has 174 valence electrons. The highest BCUT2D eigenvalue weighted by molar-refractivity contribution is 7.23. The minimum absolute atomic E-state index is 0.177. The topological polar surface area (TPSA) is 84.5 Å². The molecule has 34 heavy (non-hydrogen) atoms. The van der Waals surface area contributed by atoms with Crippen LogP contribution in [0.3, 0.4) is 0 Å². The lowest BCUT2D eigenvalue weighted by Gasteiger charge is -2.12. The van der Waals surface area contributed by atoms with Crippen LogP contribution >= 0.6 is 11.3 Å². The molecule has 0 aliphatic heterocycles. The van der Waals surface area contributed by atoms with Gasteiger partial charge in [-0.1, -0.05) is 49.4 Å². The van der Waals surface area contributed by atoms with E-state index in [0.29, 0.717) is 17.3 Å². The third kappa shape index (κ3) is 3.94. The number of thiazole rings is 1. The van der Waals surface area contributed by atoms with E-state index in [0.717, 1.165) is 16.2 Å². The summed E-state index contributed by atoms with van der Waals surface area (Å²) in [5.74, 6) is 1.09. The molecule has 7 nitrogen and oxygen atoms in total. The number of aryl methyl sites for hydroxylation is 2. The molecule has 0 aliphatic carbocycles. The molecule has 3 aromatic heterocycles. The number of imidazole rings is 1. The molecule has 0 aliphatic rings. The zero-order valence-electron chi connectivity index (χ0n) is 20.1. The zero-order chi connectivity index (χ0) is 24.2. The number of aromatic nitrogens is 3. The number of urea groups is 1. The Labute approximate surface area is 201 Å². The Morgan fingerprint density at radius 2 is 1.76 bits per heavy atom. The van der Waals surface area contributed by atoms with Gasteiger partial charge in [0.05, 0.1) is 15.9 Å². The number of carbonyl (C=O) groups excluding carboxylic acids is 1. The normalized spacial score (nSPS) is 11.9. The van der Waals surface area contributed by atoms with Crippen molar-refractivity contribution >= 4 is 44.1 Å². The van der Waals surface area contributed by atoms with Crippen molar-refractivity contribution < 1.29 is 9.32 Å². The van der Waals surface area contributed by atoms with E-state index in [1.807, 2.05) is 45.0 Å². The molecule has 2 amide bonds. The SMILES string of the molecule is Cc1cc2sc3nc(-c4ccc(NC(=O)Nc5cc(C(C)(C)C)on5)cc4)cn3c2c(C)c1C. The van der Waals surface area contributed by atoms with E-state index in [1.165, 1.54) is 26.9 Å². The first kappa shape index (κ1) is 22.2. The highest BCUT2D eigenvalue weighted by Gasteiger charge is 2.20. The lowest BCUT2D eigenvalue weighted by atomic mass is 9.93. The molecule has 5 aromatic rings. The third-order valence-corrected chi connectivity index (χ3v) is 7.14.